The number of hydrogen-bond donors (Lipinski definition) is 2. The largest absolute Gasteiger partial charge is 0.495 e. The molecule has 4 nitrogen and oxygen atoms in total. The van der Waals surface area contributed by atoms with Crippen molar-refractivity contribution in [2.75, 3.05) is 12.4 Å². The van der Waals surface area contributed by atoms with E-state index in [0.29, 0.717) is 27.0 Å². The Kier molecular flexibility index (Phi) is 4.94. The molecule has 1 unspecified atom stereocenters. The first kappa shape index (κ1) is 15.5. The van der Waals surface area contributed by atoms with Crippen LogP contribution in [0.5, 0.6) is 5.75 Å². The smallest absolute Gasteiger partial charge is 0.244 e. The second kappa shape index (κ2) is 6.70. The topological polar surface area (TPSA) is 64.3 Å². The van der Waals surface area contributed by atoms with Crippen LogP contribution in [0.25, 0.3) is 0 Å². The third-order valence-corrected chi connectivity index (χ3v) is 3.71. The highest BCUT2D eigenvalue weighted by Crippen LogP contribution is 2.30. The minimum Gasteiger partial charge on any atom is -0.495 e. The number of benzene rings is 2. The van der Waals surface area contributed by atoms with Crippen molar-refractivity contribution in [2.45, 2.75) is 6.04 Å². The molecule has 0 aliphatic heterocycles. The molecule has 110 valence electrons. The van der Waals surface area contributed by atoms with Crippen LogP contribution in [0.4, 0.5) is 5.69 Å². The lowest BCUT2D eigenvalue weighted by atomic mass is 10.1. The Labute approximate surface area is 132 Å². The predicted molar refractivity (Wildman–Crippen MR) is 85.0 cm³/mol. The number of halogens is 2. The van der Waals surface area contributed by atoms with Crippen LogP contribution < -0.4 is 15.8 Å². The van der Waals surface area contributed by atoms with E-state index in [0.717, 1.165) is 0 Å². The molecule has 0 fully saturated rings. The van der Waals surface area contributed by atoms with Crippen LogP contribution in [0.15, 0.2) is 42.5 Å². The molecule has 0 aliphatic carbocycles. The van der Waals surface area contributed by atoms with Crippen molar-refractivity contribution in [2.24, 2.45) is 5.73 Å². The Balaban J connectivity index is 2.35. The molecule has 0 saturated carbocycles. The molecule has 2 aromatic rings. The summed E-state index contributed by atoms with van der Waals surface area (Å²) in [6, 6.07) is 11.4. The third-order valence-electron chi connectivity index (χ3n) is 2.97. The van der Waals surface area contributed by atoms with Gasteiger partial charge in [-0.3, -0.25) is 4.79 Å². The summed E-state index contributed by atoms with van der Waals surface area (Å²) >= 11 is 11.9. The number of primary amides is 1. The fourth-order valence-electron chi connectivity index (χ4n) is 1.93. The number of nitrogens with two attached hydrogens (primary N) is 1. The van der Waals surface area contributed by atoms with Crippen molar-refractivity contribution < 1.29 is 9.53 Å². The molecule has 6 heteroatoms. The number of amides is 1. The predicted octanol–water partition coefficient (Wildman–Crippen LogP) is 3.64. The summed E-state index contributed by atoms with van der Waals surface area (Å²) in [5, 5.41) is 3.84. The minimum atomic E-state index is -0.740. The van der Waals surface area contributed by atoms with Gasteiger partial charge in [-0.1, -0.05) is 41.4 Å². The molecule has 0 aliphatic rings. The Bertz CT molecular complexity index is 662. The second-order valence-corrected chi connectivity index (χ2v) is 5.17. The van der Waals surface area contributed by atoms with Crippen molar-refractivity contribution in [1.29, 1.82) is 0 Å². The molecule has 21 heavy (non-hydrogen) atoms. The maximum atomic E-state index is 11.7. The molecule has 0 saturated heterocycles. The molecule has 1 amide bonds. The number of carbonyl (C=O) groups excluding carboxylic acids is 1. The maximum absolute atomic E-state index is 11.7. The lowest BCUT2D eigenvalue weighted by molar-refractivity contribution is -0.118. The molecule has 0 aromatic heterocycles. The molecule has 3 N–H and O–H groups in total. The highest BCUT2D eigenvalue weighted by Gasteiger charge is 2.20. The lowest BCUT2D eigenvalue weighted by Crippen LogP contribution is -2.27. The number of rotatable bonds is 5. The Hall–Kier alpha value is -1.91. The first-order valence-electron chi connectivity index (χ1n) is 6.16. The number of nitrogens with one attached hydrogen (secondary N) is 1. The fraction of sp³-hybridized carbons (Fsp3) is 0.133. The zero-order valence-electron chi connectivity index (χ0n) is 11.3. The zero-order valence-corrected chi connectivity index (χ0v) is 12.8. The van der Waals surface area contributed by atoms with E-state index < -0.39 is 11.9 Å². The first-order valence-corrected chi connectivity index (χ1v) is 6.92. The summed E-state index contributed by atoms with van der Waals surface area (Å²) in [4.78, 5) is 11.7. The number of ether oxygens (including phenoxy) is 1. The van der Waals surface area contributed by atoms with Gasteiger partial charge >= 0.3 is 0 Å². The van der Waals surface area contributed by atoms with Gasteiger partial charge < -0.3 is 15.8 Å². The highest BCUT2D eigenvalue weighted by molar-refractivity contribution is 6.42. The van der Waals surface area contributed by atoms with Gasteiger partial charge in [-0.05, 0) is 29.8 Å². The van der Waals surface area contributed by atoms with Gasteiger partial charge in [-0.2, -0.15) is 0 Å². The van der Waals surface area contributed by atoms with E-state index in [1.807, 2.05) is 12.1 Å². The Morgan fingerprint density at radius 1 is 1.19 bits per heavy atom. The minimum absolute atomic E-state index is 0.363. The summed E-state index contributed by atoms with van der Waals surface area (Å²) < 4.78 is 5.24. The Morgan fingerprint density at radius 2 is 1.90 bits per heavy atom. The van der Waals surface area contributed by atoms with Crippen molar-refractivity contribution >= 4 is 34.8 Å². The number of carbonyl (C=O) groups is 1. The third kappa shape index (κ3) is 3.60. The summed E-state index contributed by atoms with van der Waals surface area (Å²) in [6.45, 7) is 0. The molecule has 0 radical (unpaired) electrons. The van der Waals surface area contributed by atoms with Crippen molar-refractivity contribution in [3.05, 3.63) is 58.1 Å². The summed E-state index contributed by atoms with van der Waals surface area (Å²) in [5.41, 5.74) is 6.77. The van der Waals surface area contributed by atoms with E-state index in [-0.39, 0.29) is 0 Å². The first-order chi connectivity index (χ1) is 10.0. The van der Waals surface area contributed by atoms with Gasteiger partial charge in [0.25, 0.3) is 0 Å². The zero-order chi connectivity index (χ0) is 15.4. The summed E-state index contributed by atoms with van der Waals surface area (Å²) in [6.07, 6.45) is 0. The van der Waals surface area contributed by atoms with Gasteiger partial charge in [0.1, 0.15) is 11.8 Å². The van der Waals surface area contributed by atoms with Gasteiger partial charge in [0, 0.05) is 0 Å². The number of anilines is 1. The number of methoxy groups -OCH3 is 1. The van der Waals surface area contributed by atoms with Crippen LogP contribution in [0.2, 0.25) is 10.0 Å². The number of hydrogen-bond acceptors (Lipinski definition) is 3. The molecule has 1 atom stereocenters. The molecule has 0 heterocycles. The van der Waals surface area contributed by atoms with Crippen LogP contribution in [0, 0.1) is 0 Å². The molecule has 2 aromatic carbocycles. The number of para-hydroxylation sites is 2. The average Bonchev–Trinajstić information content (AvgIpc) is 2.48. The van der Waals surface area contributed by atoms with Gasteiger partial charge in [0.15, 0.2) is 0 Å². The van der Waals surface area contributed by atoms with E-state index in [1.165, 1.54) is 0 Å². The standard InChI is InChI=1S/C15H14Cl2N2O2/c1-21-13-5-3-2-4-12(13)19-14(15(18)20)9-6-7-10(16)11(17)8-9/h2-8,14,19H,1H3,(H2,18,20). The van der Waals surface area contributed by atoms with E-state index in [9.17, 15) is 4.79 Å². The van der Waals surface area contributed by atoms with Crippen molar-refractivity contribution in [3.63, 3.8) is 0 Å². The van der Waals surface area contributed by atoms with E-state index in [4.69, 9.17) is 33.7 Å². The normalized spacial score (nSPS) is 11.8. The van der Waals surface area contributed by atoms with E-state index >= 15 is 0 Å². The van der Waals surface area contributed by atoms with Crippen LogP contribution in [0.3, 0.4) is 0 Å². The lowest BCUT2D eigenvalue weighted by Gasteiger charge is -2.19. The van der Waals surface area contributed by atoms with Gasteiger partial charge in [0.2, 0.25) is 5.91 Å². The van der Waals surface area contributed by atoms with Crippen molar-refractivity contribution in [3.8, 4) is 5.75 Å². The second-order valence-electron chi connectivity index (χ2n) is 4.35. The molecular weight excluding hydrogens is 311 g/mol. The molecule has 0 bridgehead atoms. The highest BCUT2D eigenvalue weighted by atomic mass is 35.5. The van der Waals surface area contributed by atoms with Crippen LogP contribution >= 0.6 is 23.2 Å². The summed E-state index contributed by atoms with van der Waals surface area (Å²) in [5.74, 6) is 0.0862. The SMILES string of the molecule is COc1ccccc1NC(C(N)=O)c1ccc(Cl)c(Cl)c1. The van der Waals surface area contributed by atoms with Crippen LogP contribution in [-0.4, -0.2) is 13.0 Å². The molecular formula is C15H14Cl2N2O2. The quantitative estimate of drug-likeness (QED) is 0.882. The molecule has 0 spiro atoms. The average molecular weight is 325 g/mol. The van der Waals surface area contributed by atoms with Crippen LogP contribution in [0.1, 0.15) is 11.6 Å². The maximum Gasteiger partial charge on any atom is 0.244 e. The molecule has 2 rings (SSSR count). The monoisotopic (exact) mass is 324 g/mol. The Morgan fingerprint density at radius 3 is 2.52 bits per heavy atom. The fourth-order valence-corrected chi connectivity index (χ4v) is 2.24. The van der Waals surface area contributed by atoms with Gasteiger partial charge in [-0.15, -0.1) is 0 Å². The van der Waals surface area contributed by atoms with Crippen molar-refractivity contribution in [1.82, 2.24) is 0 Å². The summed E-state index contributed by atoms with van der Waals surface area (Å²) in [7, 11) is 1.55. The van der Waals surface area contributed by atoms with E-state index in [1.54, 1.807) is 37.4 Å². The van der Waals surface area contributed by atoms with Gasteiger partial charge in [0.05, 0.1) is 22.8 Å². The van der Waals surface area contributed by atoms with Crippen LogP contribution in [-0.2, 0) is 4.79 Å². The van der Waals surface area contributed by atoms with E-state index in [2.05, 4.69) is 5.32 Å². The van der Waals surface area contributed by atoms with Gasteiger partial charge in [-0.25, -0.2) is 0 Å².